The third-order valence-electron chi connectivity index (χ3n) is 3.58. The molecule has 5 nitrogen and oxygen atoms in total. The van der Waals surface area contributed by atoms with Gasteiger partial charge in [-0.2, -0.15) is 4.99 Å². The second-order valence-electron chi connectivity index (χ2n) is 5.43. The Labute approximate surface area is 161 Å². The molecule has 0 N–H and O–H groups in total. The first-order valence-corrected chi connectivity index (χ1v) is 9.07. The Bertz CT molecular complexity index is 1090. The topological polar surface area (TPSA) is 60.7 Å². The van der Waals surface area contributed by atoms with Crippen LogP contribution in [-0.4, -0.2) is 23.1 Å². The summed E-state index contributed by atoms with van der Waals surface area (Å²) in [6, 6.07) is 7.90. The number of esters is 1. The monoisotopic (exact) mass is 410 g/mol. The number of benzene rings is 2. The van der Waals surface area contributed by atoms with Gasteiger partial charge in [0.2, 0.25) is 0 Å². The average Bonchev–Trinajstić information content (AvgIpc) is 2.92. The van der Waals surface area contributed by atoms with Gasteiger partial charge in [-0.05, 0) is 37.3 Å². The molecule has 9 heteroatoms. The molecule has 27 heavy (non-hydrogen) atoms. The number of carbonyl (C=O) groups excluding carboxylic acids is 2. The van der Waals surface area contributed by atoms with Crippen LogP contribution in [-0.2, 0) is 16.1 Å². The van der Waals surface area contributed by atoms with E-state index in [2.05, 4.69) is 4.99 Å². The van der Waals surface area contributed by atoms with E-state index in [1.165, 1.54) is 28.8 Å². The molecule has 0 radical (unpaired) electrons. The summed E-state index contributed by atoms with van der Waals surface area (Å²) in [7, 11) is 0. The largest absolute Gasteiger partial charge is 0.465 e. The minimum Gasteiger partial charge on any atom is -0.465 e. The lowest BCUT2D eigenvalue weighted by Crippen LogP contribution is -2.23. The van der Waals surface area contributed by atoms with Crippen molar-refractivity contribution in [2.75, 3.05) is 6.61 Å². The molecule has 0 spiro atoms. The predicted molar refractivity (Wildman–Crippen MR) is 97.7 cm³/mol. The minimum absolute atomic E-state index is 0.0166. The molecule has 1 amide bonds. The number of ether oxygens (including phenoxy) is 1. The van der Waals surface area contributed by atoms with E-state index in [1.807, 2.05) is 0 Å². The maximum absolute atomic E-state index is 14.3. The smallest absolute Gasteiger partial charge is 0.326 e. The number of amides is 1. The number of hydrogen-bond acceptors (Lipinski definition) is 4. The van der Waals surface area contributed by atoms with E-state index >= 15 is 0 Å². The van der Waals surface area contributed by atoms with Crippen LogP contribution in [0.1, 0.15) is 17.3 Å². The van der Waals surface area contributed by atoms with Gasteiger partial charge in [0.15, 0.2) is 10.6 Å². The third-order valence-corrected chi connectivity index (χ3v) is 4.85. The molecule has 0 saturated heterocycles. The van der Waals surface area contributed by atoms with Crippen molar-refractivity contribution in [3.8, 4) is 0 Å². The Kier molecular flexibility index (Phi) is 5.67. The summed E-state index contributed by atoms with van der Waals surface area (Å²) in [4.78, 5) is 28.4. The standard InChI is InChI=1S/C18H13ClF2N2O3S/c1-2-26-15(24)9-23-16-13(21)7-12(20)8-14(16)27-18(23)22-17(25)10-3-5-11(19)6-4-10/h3-8H,2,9H2,1H3. The van der Waals surface area contributed by atoms with Crippen molar-refractivity contribution in [2.45, 2.75) is 13.5 Å². The Hall–Kier alpha value is -2.58. The lowest BCUT2D eigenvalue weighted by atomic mass is 10.2. The maximum Gasteiger partial charge on any atom is 0.326 e. The quantitative estimate of drug-likeness (QED) is 0.612. The van der Waals surface area contributed by atoms with E-state index in [1.54, 1.807) is 6.92 Å². The zero-order chi connectivity index (χ0) is 19.6. The van der Waals surface area contributed by atoms with Crippen molar-refractivity contribution < 1.29 is 23.1 Å². The Morgan fingerprint density at radius 3 is 2.59 bits per heavy atom. The minimum atomic E-state index is -0.856. The van der Waals surface area contributed by atoms with E-state index < -0.39 is 23.5 Å². The number of halogens is 3. The van der Waals surface area contributed by atoms with Crippen LogP contribution in [0.3, 0.4) is 0 Å². The third kappa shape index (κ3) is 4.23. The van der Waals surface area contributed by atoms with Crippen molar-refractivity contribution in [1.82, 2.24) is 4.57 Å². The summed E-state index contributed by atoms with van der Waals surface area (Å²) in [5.41, 5.74) is 0.253. The number of hydrogen-bond donors (Lipinski definition) is 0. The number of nitrogens with zero attached hydrogens (tertiary/aromatic N) is 2. The molecule has 0 atom stereocenters. The highest BCUT2D eigenvalue weighted by atomic mass is 35.5. The molecule has 1 heterocycles. The normalized spacial score (nSPS) is 11.8. The zero-order valence-corrected chi connectivity index (χ0v) is 15.6. The summed E-state index contributed by atoms with van der Waals surface area (Å²) >= 11 is 6.70. The fourth-order valence-electron chi connectivity index (χ4n) is 2.44. The summed E-state index contributed by atoms with van der Waals surface area (Å²) in [5, 5.41) is 0.461. The second kappa shape index (κ2) is 7.98. The van der Waals surface area contributed by atoms with Crippen LogP contribution >= 0.6 is 22.9 Å². The van der Waals surface area contributed by atoms with Gasteiger partial charge in [0, 0.05) is 16.7 Å². The predicted octanol–water partition coefficient (Wildman–Crippen LogP) is 3.94. The van der Waals surface area contributed by atoms with E-state index in [0.717, 1.165) is 17.4 Å². The van der Waals surface area contributed by atoms with Gasteiger partial charge < -0.3 is 9.30 Å². The molecular formula is C18H13ClF2N2O3S. The highest BCUT2D eigenvalue weighted by Crippen LogP contribution is 2.22. The molecule has 0 fully saturated rings. The van der Waals surface area contributed by atoms with Crippen LogP contribution in [0.25, 0.3) is 10.2 Å². The molecule has 140 valence electrons. The molecule has 3 aromatic rings. The number of fused-ring (bicyclic) bond motifs is 1. The first kappa shape index (κ1) is 19.2. The van der Waals surface area contributed by atoms with Gasteiger partial charge in [-0.25, -0.2) is 8.78 Å². The maximum atomic E-state index is 14.3. The molecule has 0 aliphatic rings. The highest BCUT2D eigenvalue weighted by molar-refractivity contribution is 7.16. The molecule has 1 aromatic heterocycles. The van der Waals surface area contributed by atoms with Crippen LogP contribution in [0.4, 0.5) is 8.78 Å². The van der Waals surface area contributed by atoms with Crippen LogP contribution in [0.5, 0.6) is 0 Å². The van der Waals surface area contributed by atoms with Gasteiger partial charge in [0.05, 0.1) is 16.8 Å². The molecule has 3 rings (SSSR count). The SMILES string of the molecule is CCOC(=O)Cn1c(=NC(=O)c2ccc(Cl)cc2)sc2cc(F)cc(F)c21. The first-order valence-electron chi connectivity index (χ1n) is 7.87. The number of aromatic nitrogens is 1. The lowest BCUT2D eigenvalue weighted by molar-refractivity contribution is -0.143. The Morgan fingerprint density at radius 2 is 1.93 bits per heavy atom. The molecule has 0 aliphatic carbocycles. The van der Waals surface area contributed by atoms with E-state index in [0.29, 0.717) is 11.1 Å². The highest BCUT2D eigenvalue weighted by Gasteiger charge is 2.17. The average molecular weight is 411 g/mol. The lowest BCUT2D eigenvalue weighted by Gasteiger charge is -2.05. The molecule has 2 aromatic carbocycles. The van der Waals surface area contributed by atoms with Gasteiger partial charge in [-0.15, -0.1) is 0 Å². The fraction of sp³-hybridized carbons (Fsp3) is 0.167. The van der Waals surface area contributed by atoms with Crippen molar-refractivity contribution >= 4 is 45.0 Å². The summed E-state index contributed by atoms with van der Waals surface area (Å²) in [6.07, 6.45) is 0. The molecule has 0 unspecified atom stereocenters. The number of rotatable bonds is 4. The summed E-state index contributed by atoms with van der Waals surface area (Å²) in [5.74, 6) is -2.84. The van der Waals surface area contributed by atoms with E-state index in [9.17, 15) is 18.4 Å². The van der Waals surface area contributed by atoms with Crippen LogP contribution in [0.2, 0.25) is 5.02 Å². The van der Waals surface area contributed by atoms with E-state index in [4.69, 9.17) is 16.3 Å². The Morgan fingerprint density at radius 1 is 1.22 bits per heavy atom. The second-order valence-corrected chi connectivity index (χ2v) is 6.88. The van der Waals surface area contributed by atoms with Gasteiger partial charge in [-0.1, -0.05) is 22.9 Å². The molecular weight excluding hydrogens is 398 g/mol. The van der Waals surface area contributed by atoms with Crippen molar-refractivity contribution in [3.05, 3.63) is 63.4 Å². The van der Waals surface area contributed by atoms with Gasteiger partial charge in [0.25, 0.3) is 5.91 Å². The molecule has 0 aliphatic heterocycles. The zero-order valence-electron chi connectivity index (χ0n) is 14.0. The van der Waals surface area contributed by atoms with Gasteiger partial charge in [0.1, 0.15) is 12.4 Å². The molecule has 0 bridgehead atoms. The van der Waals surface area contributed by atoms with E-state index in [-0.39, 0.29) is 33.7 Å². The van der Waals surface area contributed by atoms with Crippen molar-refractivity contribution in [2.24, 2.45) is 4.99 Å². The van der Waals surface area contributed by atoms with Crippen molar-refractivity contribution in [1.29, 1.82) is 0 Å². The summed E-state index contributed by atoms with van der Waals surface area (Å²) < 4.78 is 34.2. The number of carbonyl (C=O) groups is 2. The summed E-state index contributed by atoms with van der Waals surface area (Å²) in [6.45, 7) is 1.43. The number of thiazole rings is 1. The van der Waals surface area contributed by atoms with Gasteiger partial charge in [-0.3, -0.25) is 9.59 Å². The van der Waals surface area contributed by atoms with Crippen LogP contribution in [0.15, 0.2) is 41.4 Å². The van der Waals surface area contributed by atoms with Gasteiger partial charge >= 0.3 is 5.97 Å². The first-order chi connectivity index (χ1) is 12.9. The van der Waals surface area contributed by atoms with Crippen LogP contribution in [0, 0.1) is 11.6 Å². The Balaban J connectivity index is 2.15. The fourth-order valence-corrected chi connectivity index (χ4v) is 3.63. The molecule has 0 saturated carbocycles. The van der Waals surface area contributed by atoms with Crippen molar-refractivity contribution in [3.63, 3.8) is 0 Å². The van der Waals surface area contributed by atoms with Crippen LogP contribution < -0.4 is 4.80 Å².